The van der Waals surface area contributed by atoms with Crippen LogP contribution in [0.3, 0.4) is 0 Å². The molecule has 11 heteroatoms. The second-order valence-electron chi connectivity index (χ2n) is 9.96. The van der Waals surface area contributed by atoms with Crippen molar-refractivity contribution >= 4 is 17.1 Å². The fourth-order valence-corrected chi connectivity index (χ4v) is 6.96. The molecule has 3 unspecified atom stereocenters. The van der Waals surface area contributed by atoms with Gasteiger partial charge >= 0.3 is 5.03 Å². The lowest BCUT2D eigenvalue weighted by molar-refractivity contribution is 0.0393. The molecular formula is C27H28FN7O2S. The van der Waals surface area contributed by atoms with Gasteiger partial charge in [0.05, 0.1) is 30.4 Å². The Bertz CT molecular complexity index is 1440. The Morgan fingerprint density at radius 2 is 2.03 bits per heavy atom. The topological polar surface area (TPSA) is 105 Å². The summed E-state index contributed by atoms with van der Waals surface area (Å²) < 4.78 is 30.8. The highest BCUT2D eigenvalue weighted by atomic mass is 32.2. The van der Waals surface area contributed by atoms with Gasteiger partial charge in [-0.2, -0.15) is 15.0 Å². The van der Waals surface area contributed by atoms with E-state index < -0.39 is 16.8 Å². The summed E-state index contributed by atoms with van der Waals surface area (Å²) in [6.45, 7) is 3.58. The number of piperidine rings is 1. The number of hydrogen-bond donors (Lipinski definition) is 0. The van der Waals surface area contributed by atoms with E-state index in [1.807, 2.05) is 22.0 Å². The third-order valence-electron chi connectivity index (χ3n) is 7.64. The molecule has 0 spiro atoms. The van der Waals surface area contributed by atoms with E-state index >= 15 is 0 Å². The summed E-state index contributed by atoms with van der Waals surface area (Å²) in [5.41, 5.74) is 2.38. The zero-order chi connectivity index (χ0) is 26.3. The van der Waals surface area contributed by atoms with Gasteiger partial charge < -0.3 is 4.55 Å². The molecular weight excluding hydrogens is 505 g/mol. The summed E-state index contributed by atoms with van der Waals surface area (Å²) in [7, 11) is 0. The molecule has 3 atom stereocenters. The maximum Gasteiger partial charge on any atom is 0.304 e. The van der Waals surface area contributed by atoms with E-state index in [0.717, 1.165) is 23.4 Å². The van der Waals surface area contributed by atoms with Gasteiger partial charge in [0.2, 0.25) is 0 Å². The monoisotopic (exact) mass is 533 g/mol. The third-order valence-corrected chi connectivity index (χ3v) is 8.97. The van der Waals surface area contributed by atoms with Crippen LogP contribution in [0.4, 0.5) is 4.39 Å². The number of Topliss-reactive ketones (excluding diaryl/α,β-unsaturated/α-hetero) is 1. The average molecular weight is 534 g/mol. The molecule has 3 aromatic heterocycles. The predicted octanol–water partition coefficient (Wildman–Crippen LogP) is 3.42. The first-order valence-electron chi connectivity index (χ1n) is 12.8. The van der Waals surface area contributed by atoms with Gasteiger partial charge in [-0.15, -0.1) is 9.40 Å². The molecule has 4 heterocycles. The quantitative estimate of drug-likeness (QED) is 0.265. The second-order valence-corrected chi connectivity index (χ2v) is 11.4. The number of hydrogen-bond acceptors (Lipinski definition) is 7. The lowest BCUT2D eigenvalue weighted by Gasteiger charge is -2.48. The molecule has 0 saturated carbocycles. The van der Waals surface area contributed by atoms with Crippen molar-refractivity contribution in [2.45, 2.75) is 44.2 Å². The Balaban J connectivity index is 1.36. The first-order chi connectivity index (χ1) is 18.5. The van der Waals surface area contributed by atoms with Gasteiger partial charge in [0.15, 0.2) is 5.78 Å². The van der Waals surface area contributed by atoms with Gasteiger partial charge in [0.1, 0.15) is 29.1 Å². The molecule has 0 radical (unpaired) electrons. The zero-order valence-corrected chi connectivity index (χ0v) is 21.9. The van der Waals surface area contributed by atoms with Crippen molar-refractivity contribution in [2.24, 2.45) is 11.3 Å². The summed E-state index contributed by atoms with van der Waals surface area (Å²) in [5, 5.41) is 13.7. The molecule has 6 rings (SSSR count). The van der Waals surface area contributed by atoms with Crippen molar-refractivity contribution < 1.29 is 13.7 Å². The van der Waals surface area contributed by atoms with Gasteiger partial charge in [0, 0.05) is 18.4 Å². The normalized spacial score (nSPS) is 22.0. The number of carbonyl (C=O) groups is 1. The molecule has 0 bridgehead atoms. The molecule has 4 aromatic rings. The van der Waals surface area contributed by atoms with Crippen LogP contribution in [-0.2, 0) is 30.7 Å². The summed E-state index contributed by atoms with van der Waals surface area (Å²) in [4.78, 5) is 20.1. The van der Waals surface area contributed by atoms with Gasteiger partial charge in [-0.1, -0.05) is 13.0 Å². The SMILES string of the molecule is CCCn1ncc([S+]([O-])N2CCC3Cc4c(cnn4-c4ccc(F)cc4)CC3(C(=O)c3ccccn3)C2)n1. The number of nitrogens with zero attached hydrogens (tertiary/aromatic N) is 7. The first kappa shape index (κ1) is 24.9. The van der Waals surface area contributed by atoms with Crippen molar-refractivity contribution in [1.82, 2.24) is 34.1 Å². The molecule has 1 aromatic carbocycles. The zero-order valence-electron chi connectivity index (χ0n) is 21.0. The van der Waals surface area contributed by atoms with Crippen LogP contribution in [0.5, 0.6) is 0 Å². The minimum absolute atomic E-state index is 0.00410. The fourth-order valence-electron chi connectivity index (χ4n) is 5.78. The van der Waals surface area contributed by atoms with Gasteiger partial charge in [0.25, 0.3) is 0 Å². The minimum atomic E-state index is -1.54. The van der Waals surface area contributed by atoms with Crippen molar-refractivity contribution in [3.63, 3.8) is 0 Å². The van der Waals surface area contributed by atoms with E-state index in [1.54, 1.807) is 47.7 Å². The molecule has 1 fully saturated rings. The Morgan fingerprint density at radius 3 is 2.79 bits per heavy atom. The van der Waals surface area contributed by atoms with Crippen LogP contribution in [0, 0.1) is 17.2 Å². The number of aromatic nitrogens is 6. The van der Waals surface area contributed by atoms with Gasteiger partial charge in [-0.25, -0.2) is 9.07 Å². The van der Waals surface area contributed by atoms with Crippen molar-refractivity contribution in [2.75, 3.05) is 13.1 Å². The summed E-state index contributed by atoms with van der Waals surface area (Å²) in [6.07, 6.45) is 7.64. The van der Waals surface area contributed by atoms with Crippen LogP contribution in [0.1, 0.15) is 41.5 Å². The predicted molar refractivity (Wildman–Crippen MR) is 138 cm³/mol. The average Bonchev–Trinajstić information content (AvgIpc) is 3.58. The number of ketones is 1. The highest BCUT2D eigenvalue weighted by Crippen LogP contribution is 2.48. The lowest BCUT2D eigenvalue weighted by Crippen LogP contribution is -2.57. The summed E-state index contributed by atoms with van der Waals surface area (Å²) in [6, 6.07) is 11.6. The molecule has 0 amide bonds. The van der Waals surface area contributed by atoms with Crippen LogP contribution in [0.2, 0.25) is 0 Å². The van der Waals surface area contributed by atoms with Crippen LogP contribution >= 0.6 is 0 Å². The molecule has 1 aliphatic carbocycles. The molecule has 1 aliphatic heterocycles. The maximum absolute atomic E-state index is 14.2. The maximum atomic E-state index is 14.2. The molecule has 38 heavy (non-hydrogen) atoms. The first-order valence-corrected chi connectivity index (χ1v) is 13.9. The number of fused-ring (bicyclic) bond motifs is 2. The van der Waals surface area contributed by atoms with E-state index in [1.165, 1.54) is 12.1 Å². The van der Waals surface area contributed by atoms with Crippen LogP contribution in [-0.4, -0.2) is 57.5 Å². The van der Waals surface area contributed by atoms with Crippen LogP contribution < -0.4 is 0 Å². The summed E-state index contributed by atoms with van der Waals surface area (Å²) >= 11 is -1.54. The standard InChI is InChI=1S/C27H28FN7O2S/c1-2-12-34-30-17-25(32-34)38(37)33-13-10-20-14-24-19(16-31-35(24)22-8-6-21(28)7-9-22)15-27(20,18-33)26(36)23-5-3-4-11-29-23/h3-9,11,16-17,20H,2,10,12-15,18H2,1H3. The second kappa shape index (κ2) is 10.0. The largest absolute Gasteiger partial charge is 0.591 e. The third kappa shape index (κ3) is 4.34. The summed E-state index contributed by atoms with van der Waals surface area (Å²) in [5.74, 6) is -0.339. The Hall–Kier alpha value is -3.41. The molecule has 2 aliphatic rings. The smallest absolute Gasteiger partial charge is 0.304 e. The Labute approximate surface area is 223 Å². The minimum Gasteiger partial charge on any atom is -0.591 e. The van der Waals surface area contributed by atoms with E-state index in [2.05, 4.69) is 20.3 Å². The van der Waals surface area contributed by atoms with Crippen molar-refractivity contribution in [1.29, 1.82) is 0 Å². The van der Waals surface area contributed by atoms with Crippen LogP contribution in [0.25, 0.3) is 5.69 Å². The highest BCUT2D eigenvalue weighted by molar-refractivity contribution is 7.89. The van der Waals surface area contributed by atoms with Crippen molar-refractivity contribution in [3.8, 4) is 5.69 Å². The fraction of sp³-hybridized carbons (Fsp3) is 0.370. The van der Waals surface area contributed by atoms with Crippen LogP contribution in [0.15, 0.2) is 66.1 Å². The molecule has 0 N–H and O–H groups in total. The number of rotatable bonds is 7. The number of aryl methyl sites for hydroxylation is 1. The number of carbonyl (C=O) groups excluding carboxylic acids is 1. The number of pyridine rings is 1. The molecule has 1 saturated heterocycles. The van der Waals surface area contributed by atoms with E-state index in [0.29, 0.717) is 49.6 Å². The van der Waals surface area contributed by atoms with Gasteiger partial charge in [-0.05, 0) is 73.6 Å². The van der Waals surface area contributed by atoms with Gasteiger partial charge in [-0.3, -0.25) is 9.78 Å². The Morgan fingerprint density at radius 1 is 1.18 bits per heavy atom. The highest BCUT2D eigenvalue weighted by Gasteiger charge is 2.55. The molecule has 9 nitrogen and oxygen atoms in total. The Kier molecular flexibility index (Phi) is 6.58. The lowest BCUT2D eigenvalue weighted by atomic mass is 9.60. The van der Waals surface area contributed by atoms with E-state index in [9.17, 15) is 13.7 Å². The number of benzene rings is 1. The van der Waals surface area contributed by atoms with E-state index in [4.69, 9.17) is 0 Å². The van der Waals surface area contributed by atoms with E-state index in [-0.39, 0.29) is 17.5 Å². The molecule has 196 valence electrons. The number of halogens is 1. The van der Waals surface area contributed by atoms with Crippen molar-refractivity contribution in [3.05, 3.63) is 83.8 Å².